The second kappa shape index (κ2) is 5.11. The highest BCUT2D eigenvalue weighted by Gasteiger charge is 2.25. The molecule has 0 unspecified atom stereocenters. The number of carbonyl (C=O) groups is 1. The van der Waals surface area contributed by atoms with Crippen molar-refractivity contribution >= 4 is 52.4 Å². The SMILES string of the molecule is COC(=O)c1c(Cl)c(Cl)c(Cl)c(C#N)c1Cl. The number of esters is 1. The van der Waals surface area contributed by atoms with E-state index < -0.39 is 5.97 Å². The Morgan fingerprint density at radius 1 is 1.12 bits per heavy atom. The molecule has 7 heteroatoms. The average Bonchev–Trinajstić information content (AvgIpc) is 2.27. The van der Waals surface area contributed by atoms with Gasteiger partial charge in [-0.05, 0) is 0 Å². The molecule has 1 aromatic carbocycles. The van der Waals surface area contributed by atoms with Crippen LogP contribution in [0.3, 0.4) is 0 Å². The molecule has 0 saturated carbocycles. The van der Waals surface area contributed by atoms with Crippen molar-refractivity contribution in [2.75, 3.05) is 7.11 Å². The molecule has 1 rings (SSSR count). The van der Waals surface area contributed by atoms with Gasteiger partial charge in [0.05, 0.1) is 38.3 Å². The Labute approximate surface area is 111 Å². The molecular formula is C9H3Cl4NO2. The van der Waals surface area contributed by atoms with Crippen molar-refractivity contribution in [3.8, 4) is 6.07 Å². The molecule has 0 atom stereocenters. The van der Waals surface area contributed by atoms with Crippen molar-refractivity contribution in [1.29, 1.82) is 5.26 Å². The lowest BCUT2D eigenvalue weighted by Crippen LogP contribution is -2.05. The molecule has 0 aliphatic heterocycles. The number of benzene rings is 1. The molecule has 3 nitrogen and oxygen atoms in total. The van der Waals surface area contributed by atoms with Crippen molar-refractivity contribution in [3.63, 3.8) is 0 Å². The van der Waals surface area contributed by atoms with Gasteiger partial charge in [-0.1, -0.05) is 46.4 Å². The van der Waals surface area contributed by atoms with Crippen molar-refractivity contribution in [3.05, 3.63) is 31.2 Å². The van der Waals surface area contributed by atoms with E-state index in [4.69, 9.17) is 51.7 Å². The van der Waals surface area contributed by atoms with Gasteiger partial charge in [0.25, 0.3) is 0 Å². The lowest BCUT2D eigenvalue weighted by atomic mass is 10.1. The number of ether oxygens (including phenoxy) is 1. The topological polar surface area (TPSA) is 50.1 Å². The van der Waals surface area contributed by atoms with Gasteiger partial charge in [-0.2, -0.15) is 5.26 Å². The zero-order valence-electron chi connectivity index (χ0n) is 7.78. The van der Waals surface area contributed by atoms with Gasteiger partial charge in [0, 0.05) is 0 Å². The summed E-state index contributed by atoms with van der Waals surface area (Å²) in [6.07, 6.45) is 0. The van der Waals surface area contributed by atoms with E-state index in [0.717, 1.165) is 7.11 Å². The summed E-state index contributed by atoms with van der Waals surface area (Å²) in [5.74, 6) is -0.787. The normalized spacial score (nSPS) is 9.75. The van der Waals surface area contributed by atoms with E-state index >= 15 is 0 Å². The van der Waals surface area contributed by atoms with E-state index in [0.29, 0.717) is 0 Å². The van der Waals surface area contributed by atoms with Crippen LogP contribution < -0.4 is 0 Å². The predicted octanol–water partition coefficient (Wildman–Crippen LogP) is 3.96. The minimum Gasteiger partial charge on any atom is -0.465 e. The fourth-order valence-electron chi connectivity index (χ4n) is 1.01. The maximum atomic E-state index is 11.4. The summed E-state index contributed by atoms with van der Waals surface area (Å²) >= 11 is 23.1. The molecule has 0 spiro atoms. The minimum absolute atomic E-state index is 0.0909. The zero-order valence-corrected chi connectivity index (χ0v) is 10.8. The van der Waals surface area contributed by atoms with Gasteiger partial charge in [-0.25, -0.2) is 4.79 Å². The Balaban J connectivity index is 3.70. The molecule has 0 amide bonds. The van der Waals surface area contributed by atoms with Crippen molar-refractivity contribution in [2.45, 2.75) is 0 Å². The van der Waals surface area contributed by atoms with Gasteiger partial charge < -0.3 is 4.74 Å². The van der Waals surface area contributed by atoms with Crippen LogP contribution in [0.1, 0.15) is 15.9 Å². The van der Waals surface area contributed by atoms with Gasteiger partial charge in [-0.15, -0.1) is 0 Å². The number of carbonyl (C=O) groups excluding carboxylic acids is 1. The van der Waals surface area contributed by atoms with Gasteiger partial charge in [0.2, 0.25) is 0 Å². The largest absolute Gasteiger partial charge is 0.465 e. The third-order valence-electron chi connectivity index (χ3n) is 1.76. The van der Waals surface area contributed by atoms with Gasteiger partial charge in [-0.3, -0.25) is 0 Å². The molecule has 0 aliphatic carbocycles. The van der Waals surface area contributed by atoms with Gasteiger partial charge in [0.15, 0.2) is 0 Å². The first kappa shape index (κ1) is 13.4. The first-order valence-corrected chi connectivity index (χ1v) is 5.31. The van der Waals surface area contributed by atoms with E-state index in [1.165, 1.54) is 0 Å². The van der Waals surface area contributed by atoms with E-state index in [1.54, 1.807) is 6.07 Å². The number of rotatable bonds is 1. The second-order valence-electron chi connectivity index (χ2n) is 2.61. The van der Waals surface area contributed by atoms with Gasteiger partial charge in [0.1, 0.15) is 6.07 Å². The number of nitrogens with zero attached hydrogens (tertiary/aromatic N) is 1. The molecule has 0 N–H and O–H groups in total. The average molecular weight is 299 g/mol. The lowest BCUT2D eigenvalue weighted by Gasteiger charge is -2.09. The van der Waals surface area contributed by atoms with Crippen LogP contribution >= 0.6 is 46.4 Å². The van der Waals surface area contributed by atoms with Crippen LogP contribution in [0.25, 0.3) is 0 Å². The number of hydrogen-bond acceptors (Lipinski definition) is 3. The van der Waals surface area contributed by atoms with Crippen LogP contribution in [-0.2, 0) is 4.74 Å². The molecule has 1 aromatic rings. The summed E-state index contributed by atoms with van der Waals surface area (Å²) in [7, 11) is 1.16. The van der Waals surface area contributed by atoms with Crippen LogP contribution in [-0.4, -0.2) is 13.1 Å². The lowest BCUT2D eigenvalue weighted by molar-refractivity contribution is 0.0601. The Morgan fingerprint density at radius 3 is 2.12 bits per heavy atom. The standard InChI is InChI=1S/C9H3Cl4NO2/c1-16-9(15)4-5(10)3(2-14)6(11)8(13)7(4)12/h1H3. The molecule has 84 valence electrons. The molecular weight excluding hydrogens is 296 g/mol. The van der Waals surface area contributed by atoms with E-state index in [2.05, 4.69) is 4.74 Å². The molecule has 0 aromatic heterocycles. The predicted molar refractivity (Wildman–Crippen MR) is 62.5 cm³/mol. The number of methoxy groups -OCH3 is 1. The second-order valence-corrected chi connectivity index (χ2v) is 4.12. The summed E-state index contributed by atoms with van der Waals surface area (Å²) in [5, 5.41) is 8.31. The van der Waals surface area contributed by atoms with E-state index in [9.17, 15) is 4.79 Å². The highest BCUT2D eigenvalue weighted by atomic mass is 35.5. The summed E-state index contributed by atoms with van der Waals surface area (Å²) in [6.45, 7) is 0. The van der Waals surface area contributed by atoms with Crippen LogP contribution in [0.2, 0.25) is 20.1 Å². The Morgan fingerprint density at radius 2 is 1.69 bits per heavy atom. The molecule has 16 heavy (non-hydrogen) atoms. The molecule has 0 fully saturated rings. The van der Waals surface area contributed by atoms with Crippen molar-refractivity contribution in [1.82, 2.24) is 0 Å². The van der Waals surface area contributed by atoms with E-state index in [1.807, 2.05) is 0 Å². The minimum atomic E-state index is -0.787. The van der Waals surface area contributed by atoms with E-state index in [-0.39, 0.29) is 31.2 Å². The summed E-state index contributed by atoms with van der Waals surface area (Å²) < 4.78 is 4.47. The van der Waals surface area contributed by atoms with Crippen molar-refractivity contribution in [2.24, 2.45) is 0 Å². The van der Waals surface area contributed by atoms with Crippen molar-refractivity contribution < 1.29 is 9.53 Å². The highest BCUT2D eigenvalue weighted by Crippen LogP contribution is 2.41. The Bertz CT molecular complexity index is 507. The number of nitriles is 1. The first-order chi connectivity index (χ1) is 7.45. The quantitative estimate of drug-likeness (QED) is 0.448. The maximum Gasteiger partial charge on any atom is 0.341 e. The zero-order chi connectivity index (χ0) is 12.5. The smallest absolute Gasteiger partial charge is 0.341 e. The Hall–Kier alpha value is -0.660. The Kier molecular flexibility index (Phi) is 4.28. The van der Waals surface area contributed by atoms with Crippen LogP contribution in [0, 0.1) is 11.3 Å². The number of hydrogen-bond donors (Lipinski definition) is 0. The summed E-state index contributed by atoms with van der Waals surface area (Å²) in [6, 6.07) is 1.74. The molecule has 0 bridgehead atoms. The highest BCUT2D eigenvalue weighted by molar-refractivity contribution is 6.51. The molecule has 0 aliphatic rings. The van der Waals surface area contributed by atoms with Crippen LogP contribution in [0.15, 0.2) is 0 Å². The summed E-state index contributed by atoms with van der Waals surface area (Å²) in [4.78, 5) is 11.4. The fourth-order valence-corrected chi connectivity index (χ4v) is 2.15. The van der Waals surface area contributed by atoms with Crippen LogP contribution in [0.4, 0.5) is 0 Å². The van der Waals surface area contributed by atoms with Crippen LogP contribution in [0.5, 0.6) is 0 Å². The number of halogens is 4. The third kappa shape index (κ3) is 2.07. The monoisotopic (exact) mass is 297 g/mol. The maximum absolute atomic E-state index is 11.4. The third-order valence-corrected chi connectivity index (χ3v) is 3.47. The summed E-state index contributed by atoms with van der Waals surface area (Å²) in [5.41, 5.74) is -0.282. The fraction of sp³-hybridized carbons (Fsp3) is 0.111. The first-order valence-electron chi connectivity index (χ1n) is 3.80. The molecule has 0 heterocycles. The van der Waals surface area contributed by atoms with Gasteiger partial charge >= 0.3 is 5.97 Å². The molecule has 0 saturated heterocycles. The molecule has 0 radical (unpaired) electrons.